The molecule has 0 aliphatic rings. The van der Waals surface area contributed by atoms with E-state index in [9.17, 15) is 18.4 Å². The fourth-order valence-corrected chi connectivity index (χ4v) is 1.57. The van der Waals surface area contributed by atoms with Crippen LogP contribution in [0.15, 0.2) is 24.3 Å². The van der Waals surface area contributed by atoms with Gasteiger partial charge in [0.1, 0.15) is 5.75 Å². The van der Waals surface area contributed by atoms with Gasteiger partial charge in [-0.25, -0.2) is 0 Å². The van der Waals surface area contributed by atoms with Crippen molar-refractivity contribution in [2.75, 3.05) is 13.6 Å². The maximum atomic E-state index is 12.0. The SMILES string of the molecule is CN(CCCC(=O)O)C(=O)c1ccc(OC(F)F)cc1. The van der Waals surface area contributed by atoms with Crippen molar-refractivity contribution in [2.24, 2.45) is 0 Å². The standard InChI is InChI=1S/C13H15F2NO4/c1-16(8-2-3-11(17)18)12(19)9-4-6-10(7-5-9)20-13(14)15/h4-7,13H,2-3,8H2,1H3,(H,17,18). The molecule has 0 saturated heterocycles. The molecule has 0 unspecified atom stereocenters. The van der Waals surface area contributed by atoms with E-state index in [1.54, 1.807) is 7.05 Å². The highest BCUT2D eigenvalue weighted by atomic mass is 19.3. The number of carboxylic acid groups (broad SMARTS) is 1. The number of carbonyl (C=O) groups is 2. The number of hydrogen-bond acceptors (Lipinski definition) is 3. The smallest absolute Gasteiger partial charge is 0.387 e. The summed E-state index contributed by atoms with van der Waals surface area (Å²) in [4.78, 5) is 23.7. The number of aliphatic carboxylic acids is 1. The summed E-state index contributed by atoms with van der Waals surface area (Å²) in [6.07, 6.45) is 0.336. The summed E-state index contributed by atoms with van der Waals surface area (Å²) in [6, 6.07) is 5.33. The van der Waals surface area contributed by atoms with E-state index in [-0.39, 0.29) is 18.1 Å². The van der Waals surface area contributed by atoms with Gasteiger partial charge < -0.3 is 14.7 Å². The molecule has 0 fully saturated rings. The van der Waals surface area contributed by atoms with Crippen LogP contribution >= 0.6 is 0 Å². The minimum atomic E-state index is -2.91. The fourth-order valence-electron chi connectivity index (χ4n) is 1.57. The van der Waals surface area contributed by atoms with Gasteiger partial charge in [-0.3, -0.25) is 9.59 Å². The quantitative estimate of drug-likeness (QED) is 0.835. The van der Waals surface area contributed by atoms with Gasteiger partial charge in [0.25, 0.3) is 5.91 Å². The number of rotatable bonds is 7. The van der Waals surface area contributed by atoms with E-state index in [0.29, 0.717) is 18.5 Å². The van der Waals surface area contributed by atoms with Crippen LogP contribution in [0.1, 0.15) is 23.2 Å². The number of benzene rings is 1. The molecule has 1 rings (SSSR count). The molecule has 7 heteroatoms. The van der Waals surface area contributed by atoms with E-state index in [2.05, 4.69) is 4.74 Å². The molecule has 110 valence electrons. The van der Waals surface area contributed by atoms with Gasteiger partial charge in [-0.05, 0) is 30.7 Å². The Kier molecular flexibility index (Phi) is 5.89. The van der Waals surface area contributed by atoms with Crippen LogP contribution in [0.25, 0.3) is 0 Å². The number of amides is 1. The lowest BCUT2D eigenvalue weighted by atomic mass is 10.2. The molecule has 0 aliphatic heterocycles. The number of hydrogen-bond donors (Lipinski definition) is 1. The van der Waals surface area contributed by atoms with Crippen LogP contribution in [0.5, 0.6) is 5.75 Å². The topological polar surface area (TPSA) is 66.8 Å². The van der Waals surface area contributed by atoms with Crippen molar-refractivity contribution >= 4 is 11.9 Å². The van der Waals surface area contributed by atoms with Gasteiger partial charge in [-0.15, -0.1) is 0 Å². The van der Waals surface area contributed by atoms with Crippen molar-refractivity contribution in [1.29, 1.82) is 0 Å². The minimum Gasteiger partial charge on any atom is -0.481 e. The van der Waals surface area contributed by atoms with Crippen molar-refractivity contribution < 1.29 is 28.2 Å². The number of nitrogens with zero attached hydrogens (tertiary/aromatic N) is 1. The summed E-state index contributed by atoms with van der Waals surface area (Å²) in [7, 11) is 1.55. The molecule has 1 N–H and O–H groups in total. The Hall–Kier alpha value is -2.18. The highest BCUT2D eigenvalue weighted by molar-refractivity contribution is 5.94. The average Bonchev–Trinajstić information content (AvgIpc) is 2.37. The fraction of sp³-hybridized carbons (Fsp3) is 0.385. The molecule has 0 heterocycles. The van der Waals surface area contributed by atoms with Crippen LogP contribution < -0.4 is 4.74 Å². The van der Waals surface area contributed by atoms with Gasteiger partial charge in [0, 0.05) is 25.6 Å². The molecule has 20 heavy (non-hydrogen) atoms. The Labute approximate surface area is 114 Å². The molecule has 0 bridgehead atoms. The molecule has 1 aromatic rings. The van der Waals surface area contributed by atoms with Crippen molar-refractivity contribution in [3.63, 3.8) is 0 Å². The third-order valence-corrected chi connectivity index (χ3v) is 2.56. The van der Waals surface area contributed by atoms with Gasteiger partial charge >= 0.3 is 12.6 Å². The Morgan fingerprint density at radius 1 is 1.30 bits per heavy atom. The molecule has 0 aliphatic carbocycles. The van der Waals surface area contributed by atoms with Crippen LogP contribution in [-0.4, -0.2) is 42.1 Å². The predicted octanol–water partition coefficient (Wildman–Crippen LogP) is 2.22. The first-order valence-corrected chi connectivity index (χ1v) is 5.92. The van der Waals surface area contributed by atoms with Gasteiger partial charge in [-0.2, -0.15) is 8.78 Å². The maximum Gasteiger partial charge on any atom is 0.387 e. The van der Waals surface area contributed by atoms with Crippen LogP contribution in [-0.2, 0) is 4.79 Å². The zero-order valence-electron chi connectivity index (χ0n) is 10.9. The largest absolute Gasteiger partial charge is 0.481 e. The lowest BCUT2D eigenvalue weighted by Crippen LogP contribution is -2.28. The molecule has 0 spiro atoms. The summed E-state index contributed by atoms with van der Waals surface area (Å²) < 4.78 is 28.1. The zero-order valence-corrected chi connectivity index (χ0v) is 10.9. The van der Waals surface area contributed by atoms with Crippen molar-refractivity contribution in [1.82, 2.24) is 4.90 Å². The van der Waals surface area contributed by atoms with Gasteiger partial charge in [0.15, 0.2) is 0 Å². The third-order valence-electron chi connectivity index (χ3n) is 2.56. The van der Waals surface area contributed by atoms with E-state index in [0.717, 1.165) is 0 Å². The molecule has 0 atom stereocenters. The monoisotopic (exact) mass is 287 g/mol. The van der Waals surface area contributed by atoms with Crippen molar-refractivity contribution in [3.05, 3.63) is 29.8 Å². The van der Waals surface area contributed by atoms with E-state index >= 15 is 0 Å². The summed E-state index contributed by atoms with van der Waals surface area (Å²) in [5.74, 6) is -1.25. The normalized spacial score (nSPS) is 10.4. The Morgan fingerprint density at radius 3 is 2.40 bits per heavy atom. The first kappa shape index (κ1) is 15.9. The summed E-state index contributed by atoms with van der Waals surface area (Å²) in [5.41, 5.74) is 0.324. The molecule has 0 saturated carbocycles. The molecule has 5 nitrogen and oxygen atoms in total. The third kappa shape index (κ3) is 5.21. The summed E-state index contributed by atoms with van der Waals surface area (Å²) in [5, 5.41) is 8.51. The highest BCUT2D eigenvalue weighted by Gasteiger charge is 2.12. The van der Waals surface area contributed by atoms with Gasteiger partial charge in [-0.1, -0.05) is 0 Å². The van der Waals surface area contributed by atoms with Gasteiger partial charge in [0.2, 0.25) is 0 Å². The van der Waals surface area contributed by atoms with Crippen LogP contribution in [0.3, 0.4) is 0 Å². The summed E-state index contributed by atoms with van der Waals surface area (Å²) >= 11 is 0. The Balaban J connectivity index is 2.56. The molecule has 1 amide bonds. The van der Waals surface area contributed by atoms with Crippen molar-refractivity contribution in [2.45, 2.75) is 19.5 Å². The number of carbonyl (C=O) groups excluding carboxylic acids is 1. The number of alkyl halides is 2. The number of ether oxygens (including phenoxy) is 1. The highest BCUT2D eigenvalue weighted by Crippen LogP contribution is 2.15. The second-order valence-corrected chi connectivity index (χ2v) is 4.13. The van der Waals surface area contributed by atoms with E-state index in [1.807, 2.05) is 0 Å². The minimum absolute atomic E-state index is 0.0151. The van der Waals surface area contributed by atoms with Crippen LogP contribution in [0.2, 0.25) is 0 Å². The number of carboxylic acids is 1. The van der Waals surface area contributed by atoms with E-state index < -0.39 is 12.6 Å². The molecule has 0 radical (unpaired) electrons. The lowest BCUT2D eigenvalue weighted by Gasteiger charge is -2.16. The second kappa shape index (κ2) is 7.42. The number of halogens is 2. The molecular weight excluding hydrogens is 272 g/mol. The summed E-state index contributed by atoms with van der Waals surface area (Å²) in [6.45, 7) is -2.60. The van der Waals surface area contributed by atoms with Gasteiger partial charge in [0.05, 0.1) is 0 Å². The second-order valence-electron chi connectivity index (χ2n) is 4.13. The van der Waals surface area contributed by atoms with E-state index in [4.69, 9.17) is 5.11 Å². The van der Waals surface area contributed by atoms with Crippen molar-refractivity contribution in [3.8, 4) is 5.75 Å². The first-order valence-electron chi connectivity index (χ1n) is 5.92. The lowest BCUT2D eigenvalue weighted by molar-refractivity contribution is -0.137. The molecule has 1 aromatic carbocycles. The van der Waals surface area contributed by atoms with Crippen LogP contribution in [0.4, 0.5) is 8.78 Å². The van der Waals surface area contributed by atoms with E-state index in [1.165, 1.54) is 29.2 Å². The molecule has 0 aromatic heterocycles. The zero-order chi connectivity index (χ0) is 15.1. The molecular formula is C13H15F2NO4. The Morgan fingerprint density at radius 2 is 1.90 bits per heavy atom. The predicted molar refractivity (Wildman–Crippen MR) is 66.9 cm³/mol. The van der Waals surface area contributed by atoms with Crippen LogP contribution in [0, 0.1) is 0 Å². The average molecular weight is 287 g/mol. The Bertz CT molecular complexity index is 462. The maximum absolute atomic E-state index is 12.0. The first-order chi connectivity index (χ1) is 9.40.